The van der Waals surface area contributed by atoms with Crippen LogP contribution >= 0.6 is 0 Å². The van der Waals surface area contributed by atoms with Crippen LogP contribution in [0.3, 0.4) is 0 Å². The fourth-order valence-electron chi connectivity index (χ4n) is 3.62. The van der Waals surface area contributed by atoms with Gasteiger partial charge in [0.1, 0.15) is 9.04 Å². The van der Waals surface area contributed by atoms with E-state index in [9.17, 15) is 0 Å². The van der Waals surface area contributed by atoms with E-state index in [4.69, 9.17) is 13.3 Å². The van der Waals surface area contributed by atoms with Gasteiger partial charge in [-0.05, 0) is 0 Å². The van der Waals surface area contributed by atoms with Crippen LogP contribution < -0.4 is 0 Å². The van der Waals surface area contributed by atoms with Crippen LogP contribution in [0.15, 0.2) is 0 Å². The Morgan fingerprint density at radius 2 is 0.808 bits per heavy atom. The fraction of sp³-hybridized carbons (Fsp3) is 1.00. The van der Waals surface area contributed by atoms with Crippen molar-refractivity contribution in [3.8, 4) is 0 Å². The summed E-state index contributed by atoms with van der Waals surface area (Å²) in [6, 6.07) is 1.29. The molecule has 3 nitrogen and oxygen atoms in total. The highest BCUT2D eigenvalue weighted by Gasteiger charge is 2.36. The Morgan fingerprint density at radius 3 is 1.12 bits per heavy atom. The van der Waals surface area contributed by atoms with Gasteiger partial charge in [-0.2, -0.15) is 0 Å². The van der Waals surface area contributed by atoms with Gasteiger partial charge >= 0.3 is 8.32 Å². The molecule has 0 atom stereocenters. The lowest BCUT2D eigenvalue weighted by Gasteiger charge is -2.24. The molecule has 0 saturated carbocycles. The molecule has 0 N–H and O–H groups in total. The molecule has 0 aliphatic rings. The molecule has 0 rings (SSSR count). The summed E-state index contributed by atoms with van der Waals surface area (Å²) in [6.07, 6.45) is 22.8. The second-order valence-corrected chi connectivity index (χ2v) is 15.6. The molecule has 0 aromatic heterocycles. The van der Waals surface area contributed by atoms with Gasteiger partial charge in [0.25, 0.3) is 0 Å². The van der Waals surface area contributed by atoms with Crippen LogP contribution in [-0.2, 0) is 13.3 Å². The van der Waals surface area contributed by atoms with E-state index in [1.807, 2.05) is 0 Å². The van der Waals surface area contributed by atoms with E-state index in [2.05, 4.69) is 6.92 Å². The molecule has 0 fully saturated rings. The van der Waals surface area contributed by atoms with Crippen molar-refractivity contribution in [2.45, 2.75) is 116 Å². The van der Waals surface area contributed by atoms with Gasteiger partial charge in [0.05, 0.1) is 0 Å². The minimum Gasteiger partial charge on any atom is -0.380 e. The van der Waals surface area contributed by atoms with Crippen molar-refractivity contribution in [3.63, 3.8) is 0 Å². The van der Waals surface area contributed by atoms with Crippen LogP contribution in [0.5, 0.6) is 0 Å². The monoisotopic (exact) mass is 404 g/mol. The van der Waals surface area contributed by atoms with Gasteiger partial charge in [0.2, 0.25) is 0 Å². The zero-order valence-electron chi connectivity index (χ0n) is 18.5. The van der Waals surface area contributed by atoms with E-state index in [0.29, 0.717) is 0 Å². The molecule has 5 heteroatoms. The predicted molar refractivity (Wildman–Crippen MR) is 120 cm³/mol. The molecule has 0 aliphatic carbocycles. The number of hydrogen-bond acceptors (Lipinski definition) is 3. The Kier molecular flexibility index (Phi) is 20.3. The van der Waals surface area contributed by atoms with Gasteiger partial charge in [-0.15, -0.1) is 0 Å². The maximum atomic E-state index is 5.52. The summed E-state index contributed by atoms with van der Waals surface area (Å²) in [5.74, 6) is 0. The van der Waals surface area contributed by atoms with Gasteiger partial charge in [-0.25, -0.2) is 0 Å². The van der Waals surface area contributed by atoms with Crippen LogP contribution in [0.1, 0.15) is 110 Å². The lowest BCUT2D eigenvalue weighted by molar-refractivity contribution is 0.148. The van der Waals surface area contributed by atoms with Gasteiger partial charge < -0.3 is 13.3 Å². The maximum Gasteiger partial charge on any atom is 0.461 e. The van der Waals surface area contributed by atoms with Gasteiger partial charge in [0, 0.05) is 21.3 Å². The highest BCUT2D eigenvalue weighted by atomic mass is 29.2. The van der Waals surface area contributed by atoms with E-state index < -0.39 is 8.32 Å². The molecule has 26 heavy (non-hydrogen) atoms. The van der Waals surface area contributed by atoms with Crippen LogP contribution in [0, 0.1) is 0 Å². The lowest BCUT2D eigenvalue weighted by atomic mass is 10.0. The molecule has 0 amide bonds. The quantitative estimate of drug-likeness (QED) is 0.168. The molecular weight excluding hydrogens is 356 g/mol. The summed E-state index contributed by atoms with van der Waals surface area (Å²) in [6.45, 7) is 2.29. The normalized spacial score (nSPS) is 12.5. The SMILES string of the molecule is CCCCCCCCCCCCCCCCCC[SiH2][Si](OC)(OC)OC. The first-order valence-corrected chi connectivity index (χ1v) is 16.5. The van der Waals surface area contributed by atoms with Crippen LogP contribution in [0.4, 0.5) is 0 Å². The van der Waals surface area contributed by atoms with E-state index in [0.717, 1.165) is 0 Å². The van der Waals surface area contributed by atoms with Crippen molar-refractivity contribution < 1.29 is 13.3 Å². The van der Waals surface area contributed by atoms with Crippen LogP contribution in [0.2, 0.25) is 6.04 Å². The largest absolute Gasteiger partial charge is 0.461 e. The highest BCUT2D eigenvalue weighted by molar-refractivity contribution is 7.14. The molecule has 0 heterocycles. The van der Waals surface area contributed by atoms with Gasteiger partial charge in [0.15, 0.2) is 0 Å². The highest BCUT2D eigenvalue weighted by Crippen LogP contribution is 2.15. The van der Waals surface area contributed by atoms with Crippen LogP contribution in [0.25, 0.3) is 0 Å². The van der Waals surface area contributed by atoms with Gasteiger partial charge in [-0.3, -0.25) is 0 Å². The molecule has 0 spiro atoms. The molecule has 0 aliphatic heterocycles. The summed E-state index contributed by atoms with van der Waals surface area (Å²) in [5.41, 5.74) is 0. The lowest BCUT2D eigenvalue weighted by Crippen LogP contribution is -2.49. The summed E-state index contributed by atoms with van der Waals surface area (Å²) in [5, 5.41) is 0. The summed E-state index contributed by atoms with van der Waals surface area (Å²) < 4.78 is 16.6. The Balaban J connectivity index is 3.20. The molecule has 0 radical (unpaired) electrons. The van der Waals surface area contributed by atoms with Crippen molar-refractivity contribution in [1.29, 1.82) is 0 Å². The number of hydrogen-bond donors (Lipinski definition) is 0. The first-order chi connectivity index (χ1) is 12.7. The fourth-order valence-corrected chi connectivity index (χ4v) is 9.66. The average molecular weight is 405 g/mol. The first-order valence-electron chi connectivity index (χ1n) is 11.4. The third kappa shape index (κ3) is 15.4. The predicted octanol–water partition coefficient (Wildman–Crippen LogP) is 6.21. The van der Waals surface area contributed by atoms with Crippen molar-refractivity contribution in [3.05, 3.63) is 0 Å². The zero-order valence-corrected chi connectivity index (χ0v) is 20.9. The Bertz CT molecular complexity index is 266. The molecule has 0 aromatic rings. The van der Waals surface area contributed by atoms with Crippen molar-refractivity contribution in [2.75, 3.05) is 21.3 Å². The summed E-state index contributed by atoms with van der Waals surface area (Å²) >= 11 is 0. The van der Waals surface area contributed by atoms with E-state index in [1.165, 1.54) is 109 Å². The number of rotatable bonds is 21. The number of unbranched alkanes of at least 4 members (excludes halogenated alkanes) is 15. The Morgan fingerprint density at radius 1 is 0.500 bits per heavy atom. The summed E-state index contributed by atoms with van der Waals surface area (Å²) in [4.78, 5) is 0. The summed E-state index contributed by atoms with van der Waals surface area (Å²) in [7, 11) is 2.65. The molecular formula is C21H48O3Si2. The van der Waals surface area contributed by atoms with E-state index >= 15 is 0 Å². The van der Waals surface area contributed by atoms with E-state index in [-0.39, 0.29) is 9.04 Å². The molecule has 0 unspecified atom stereocenters. The third-order valence-corrected chi connectivity index (χ3v) is 14.3. The Labute approximate surface area is 167 Å². The van der Waals surface area contributed by atoms with Crippen molar-refractivity contribution >= 4 is 17.4 Å². The van der Waals surface area contributed by atoms with Crippen molar-refractivity contribution in [1.82, 2.24) is 0 Å². The average Bonchev–Trinajstić information content (AvgIpc) is 2.68. The zero-order chi connectivity index (χ0) is 19.3. The standard InChI is InChI=1S/C21H48O3Si2/c1-5-6-7-8-9-10-11-12-13-14-15-16-17-18-19-20-21-25-26(22-2,23-3)24-4/h5-21,25H2,1-4H3. The molecule has 158 valence electrons. The first kappa shape index (κ1) is 26.3. The van der Waals surface area contributed by atoms with Crippen molar-refractivity contribution in [2.24, 2.45) is 0 Å². The minimum absolute atomic E-state index is 0.374. The molecule has 0 aromatic carbocycles. The molecule has 0 bridgehead atoms. The topological polar surface area (TPSA) is 27.7 Å². The smallest absolute Gasteiger partial charge is 0.380 e. The van der Waals surface area contributed by atoms with E-state index in [1.54, 1.807) is 21.3 Å². The molecule has 0 saturated heterocycles. The second-order valence-electron chi connectivity index (χ2n) is 7.70. The third-order valence-electron chi connectivity index (χ3n) is 5.52. The van der Waals surface area contributed by atoms with Crippen LogP contribution in [-0.4, -0.2) is 38.7 Å². The maximum absolute atomic E-state index is 5.52. The Hall–Kier alpha value is 0.314. The van der Waals surface area contributed by atoms with Gasteiger partial charge in [-0.1, -0.05) is 116 Å². The minimum atomic E-state index is -2.19. The second kappa shape index (κ2) is 20.1.